The molecule has 0 aliphatic carbocycles. The third kappa shape index (κ3) is 2.58. The molecule has 0 bridgehead atoms. The molecule has 6 heteroatoms. The Kier molecular flexibility index (Phi) is 3.75. The fraction of sp³-hybridized carbons (Fsp3) is 0.133. The Morgan fingerprint density at radius 2 is 1.86 bits per heavy atom. The van der Waals surface area contributed by atoms with Crippen molar-refractivity contribution in [1.29, 1.82) is 0 Å². The molecule has 1 heterocycles. The molecule has 0 aliphatic rings. The van der Waals surface area contributed by atoms with Crippen molar-refractivity contribution in [2.45, 2.75) is 13.0 Å². The minimum atomic E-state index is -0.344. The summed E-state index contributed by atoms with van der Waals surface area (Å²) in [5.74, 6) is 0.0290. The monoisotopic (exact) mass is 411 g/mol. The molecule has 1 atom stereocenters. The lowest BCUT2D eigenvalue weighted by Gasteiger charge is -2.16. The Labute approximate surface area is 138 Å². The number of imidazole rings is 1. The van der Waals surface area contributed by atoms with Crippen molar-refractivity contribution in [2.75, 3.05) is 5.73 Å². The molecular weight excluding hydrogens is 401 g/mol. The molecule has 0 aliphatic heterocycles. The SMILES string of the molecule is CC(c1ccc(Br)cc1)n1c(N)nc2cc(F)c(Br)cc21. The molecular formula is C15H12Br2FN3. The number of aromatic nitrogens is 2. The van der Waals surface area contributed by atoms with E-state index in [-0.39, 0.29) is 11.9 Å². The molecule has 0 fully saturated rings. The van der Waals surface area contributed by atoms with E-state index in [0.29, 0.717) is 15.9 Å². The molecule has 1 aromatic heterocycles. The Morgan fingerprint density at radius 3 is 2.52 bits per heavy atom. The summed E-state index contributed by atoms with van der Waals surface area (Å²) >= 11 is 6.63. The maximum atomic E-state index is 13.6. The molecule has 0 spiro atoms. The molecule has 108 valence electrons. The van der Waals surface area contributed by atoms with E-state index in [9.17, 15) is 4.39 Å². The van der Waals surface area contributed by atoms with Crippen LogP contribution in [0.2, 0.25) is 0 Å². The highest BCUT2D eigenvalue weighted by atomic mass is 79.9. The van der Waals surface area contributed by atoms with Gasteiger partial charge in [0.1, 0.15) is 5.82 Å². The van der Waals surface area contributed by atoms with Crippen LogP contribution in [0.25, 0.3) is 11.0 Å². The molecule has 3 rings (SSSR count). The number of rotatable bonds is 2. The topological polar surface area (TPSA) is 43.8 Å². The number of nitrogen functional groups attached to an aromatic ring is 1. The zero-order valence-corrected chi connectivity index (χ0v) is 14.3. The molecule has 0 saturated carbocycles. The highest BCUT2D eigenvalue weighted by molar-refractivity contribution is 9.10. The number of hydrogen-bond acceptors (Lipinski definition) is 2. The second-order valence-corrected chi connectivity index (χ2v) is 6.59. The van der Waals surface area contributed by atoms with E-state index in [4.69, 9.17) is 5.73 Å². The normalized spacial score (nSPS) is 12.8. The predicted octanol–water partition coefficient (Wildman–Crippen LogP) is 4.89. The van der Waals surface area contributed by atoms with Gasteiger partial charge < -0.3 is 10.3 Å². The van der Waals surface area contributed by atoms with Crippen LogP contribution in [-0.4, -0.2) is 9.55 Å². The van der Waals surface area contributed by atoms with Gasteiger partial charge in [0.2, 0.25) is 5.95 Å². The van der Waals surface area contributed by atoms with Crippen molar-refractivity contribution in [1.82, 2.24) is 9.55 Å². The minimum absolute atomic E-state index is 0.000427. The molecule has 1 unspecified atom stereocenters. The van der Waals surface area contributed by atoms with Gasteiger partial charge in [0, 0.05) is 10.5 Å². The molecule has 0 radical (unpaired) electrons. The van der Waals surface area contributed by atoms with Crippen molar-refractivity contribution in [3.63, 3.8) is 0 Å². The maximum absolute atomic E-state index is 13.6. The number of halogens is 3. The van der Waals surface area contributed by atoms with E-state index in [0.717, 1.165) is 15.6 Å². The van der Waals surface area contributed by atoms with Crippen LogP contribution in [0, 0.1) is 5.82 Å². The third-order valence-corrected chi connectivity index (χ3v) is 4.63. The average Bonchev–Trinajstić information content (AvgIpc) is 2.75. The van der Waals surface area contributed by atoms with E-state index in [1.807, 2.05) is 35.8 Å². The lowest BCUT2D eigenvalue weighted by molar-refractivity contribution is 0.622. The van der Waals surface area contributed by atoms with Crippen LogP contribution < -0.4 is 5.73 Å². The standard InChI is InChI=1S/C15H12Br2FN3/c1-8(9-2-4-10(16)5-3-9)21-14-6-11(17)12(18)7-13(14)20-15(21)19/h2-8H,1H3,(H2,19,20). The molecule has 21 heavy (non-hydrogen) atoms. The van der Waals surface area contributed by atoms with Crippen molar-refractivity contribution in [3.05, 3.63) is 56.7 Å². The number of benzene rings is 2. The smallest absolute Gasteiger partial charge is 0.201 e. The summed E-state index contributed by atoms with van der Waals surface area (Å²) in [7, 11) is 0. The van der Waals surface area contributed by atoms with Crippen LogP contribution in [-0.2, 0) is 0 Å². The van der Waals surface area contributed by atoms with E-state index in [1.54, 1.807) is 6.07 Å². The predicted molar refractivity (Wildman–Crippen MR) is 89.8 cm³/mol. The summed E-state index contributed by atoms with van der Waals surface area (Å²) in [6.45, 7) is 2.04. The first-order chi connectivity index (χ1) is 9.97. The van der Waals surface area contributed by atoms with Crippen LogP contribution in [0.3, 0.4) is 0 Å². The third-order valence-electron chi connectivity index (χ3n) is 3.50. The van der Waals surface area contributed by atoms with Crippen LogP contribution in [0.4, 0.5) is 10.3 Å². The van der Waals surface area contributed by atoms with Gasteiger partial charge in [-0.05, 0) is 46.6 Å². The first-order valence-electron chi connectivity index (χ1n) is 6.35. The largest absolute Gasteiger partial charge is 0.369 e. The van der Waals surface area contributed by atoms with Crippen LogP contribution in [0.15, 0.2) is 45.3 Å². The second-order valence-electron chi connectivity index (χ2n) is 4.82. The van der Waals surface area contributed by atoms with E-state index < -0.39 is 0 Å². The van der Waals surface area contributed by atoms with Crippen molar-refractivity contribution < 1.29 is 4.39 Å². The van der Waals surface area contributed by atoms with E-state index >= 15 is 0 Å². The molecule has 0 saturated heterocycles. The van der Waals surface area contributed by atoms with Crippen molar-refractivity contribution >= 4 is 48.8 Å². The summed E-state index contributed by atoms with van der Waals surface area (Å²) < 4.78 is 16.9. The van der Waals surface area contributed by atoms with Gasteiger partial charge in [0.25, 0.3) is 0 Å². The van der Waals surface area contributed by atoms with Gasteiger partial charge in [-0.2, -0.15) is 0 Å². The lowest BCUT2D eigenvalue weighted by atomic mass is 10.1. The molecule has 2 N–H and O–H groups in total. The van der Waals surface area contributed by atoms with E-state index in [2.05, 4.69) is 36.8 Å². The van der Waals surface area contributed by atoms with Gasteiger partial charge in [-0.1, -0.05) is 28.1 Å². The van der Waals surface area contributed by atoms with Gasteiger partial charge in [-0.25, -0.2) is 9.37 Å². The van der Waals surface area contributed by atoms with Gasteiger partial charge in [-0.3, -0.25) is 0 Å². The Morgan fingerprint density at radius 1 is 1.19 bits per heavy atom. The first-order valence-corrected chi connectivity index (χ1v) is 7.94. The van der Waals surface area contributed by atoms with Crippen LogP contribution >= 0.6 is 31.9 Å². The summed E-state index contributed by atoms with van der Waals surface area (Å²) in [5.41, 5.74) is 8.48. The quantitative estimate of drug-likeness (QED) is 0.650. The summed E-state index contributed by atoms with van der Waals surface area (Å²) in [6, 6.07) is 11.1. The molecule has 0 amide bonds. The average molecular weight is 413 g/mol. The Hall–Kier alpha value is -1.40. The van der Waals surface area contributed by atoms with Crippen molar-refractivity contribution in [2.24, 2.45) is 0 Å². The number of nitrogens with zero attached hydrogens (tertiary/aromatic N) is 2. The number of fused-ring (bicyclic) bond motifs is 1. The maximum Gasteiger partial charge on any atom is 0.201 e. The Bertz CT molecular complexity index is 812. The molecule has 2 aromatic carbocycles. The van der Waals surface area contributed by atoms with Gasteiger partial charge in [0.15, 0.2) is 0 Å². The zero-order valence-electron chi connectivity index (χ0n) is 11.1. The van der Waals surface area contributed by atoms with Gasteiger partial charge >= 0.3 is 0 Å². The van der Waals surface area contributed by atoms with E-state index in [1.165, 1.54) is 6.07 Å². The highest BCUT2D eigenvalue weighted by Gasteiger charge is 2.17. The fourth-order valence-electron chi connectivity index (χ4n) is 2.41. The zero-order chi connectivity index (χ0) is 15.1. The number of nitrogens with two attached hydrogens (primary N) is 1. The molecule has 3 nitrogen and oxygen atoms in total. The lowest BCUT2D eigenvalue weighted by Crippen LogP contribution is -2.10. The fourth-order valence-corrected chi connectivity index (χ4v) is 3.00. The number of anilines is 1. The summed E-state index contributed by atoms with van der Waals surface area (Å²) in [6.07, 6.45) is 0. The molecule has 3 aromatic rings. The highest BCUT2D eigenvalue weighted by Crippen LogP contribution is 2.30. The van der Waals surface area contributed by atoms with Crippen LogP contribution in [0.1, 0.15) is 18.5 Å². The van der Waals surface area contributed by atoms with Crippen LogP contribution in [0.5, 0.6) is 0 Å². The number of hydrogen-bond donors (Lipinski definition) is 1. The summed E-state index contributed by atoms with van der Waals surface area (Å²) in [4.78, 5) is 4.25. The second kappa shape index (κ2) is 5.42. The van der Waals surface area contributed by atoms with Gasteiger partial charge in [-0.15, -0.1) is 0 Å². The first kappa shape index (κ1) is 14.5. The van der Waals surface area contributed by atoms with Crippen molar-refractivity contribution in [3.8, 4) is 0 Å². The Balaban J connectivity index is 2.17. The minimum Gasteiger partial charge on any atom is -0.369 e. The summed E-state index contributed by atoms with van der Waals surface area (Å²) in [5, 5.41) is 0. The van der Waals surface area contributed by atoms with Gasteiger partial charge in [0.05, 0.1) is 21.5 Å².